The number of hydrogen-bond acceptors (Lipinski definition) is 2. The fourth-order valence-electron chi connectivity index (χ4n) is 1.73. The van der Waals surface area contributed by atoms with E-state index in [0.29, 0.717) is 0 Å². The van der Waals surface area contributed by atoms with Crippen LogP contribution in [0.25, 0.3) is 0 Å². The number of nitrogens with two attached hydrogens (primary N) is 1. The minimum atomic E-state index is 0.808. The van der Waals surface area contributed by atoms with E-state index in [9.17, 15) is 0 Å². The smallest absolute Gasteiger partial charge is 0.119 e. The average molecular weight is 292 g/mol. The Morgan fingerprint density at radius 3 is 2.76 bits per heavy atom. The lowest BCUT2D eigenvalue weighted by Crippen LogP contribution is -1.96. The molecule has 0 spiro atoms. The number of anilines is 1. The highest BCUT2D eigenvalue weighted by Crippen LogP contribution is 2.23. The number of methoxy groups -OCH3 is 1. The van der Waals surface area contributed by atoms with Crippen molar-refractivity contribution in [2.24, 2.45) is 0 Å². The summed E-state index contributed by atoms with van der Waals surface area (Å²) in [6, 6.07) is 13.9. The summed E-state index contributed by atoms with van der Waals surface area (Å²) in [5.74, 6) is 0.871. The van der Waals surface area contributed by atoms with E-state index in [1.165, 1.54) is 5.56 Å². The molecular formula is C14H14BrNO. The molecule has 2 nitrogen and oxygen atoms in total. The quantitative estimate of drug-likeness (QED) is 0.877. The zero-order chi connectivity index (χ0) is 12.3. The van der Waals surface area contributed by atoms with Gasteiger partial charge in [-0.15, -0.1) is 0 Å². The van der Waals surface area contributed by atoms with E-state index in [0.717, 1.165) is 27.9 Å². The van der Waals surface area contributed by atoms with E-state index < -0.39 is 0 Å². The molecular weight excluding hydrogens is 278 g/mol. The van der Waals surface area contributed by atoms with Crippen LogP contribution in [-0.4, -0.2) is 7.11 Å². The number of halogens is 1. The molecule has 0 amide bonds. The average Bonchev–Trinajstić information content (AvgIpc) is 2.34. The molecule has 2 N–H and O–H groups in total. The van der Waals surface area contributed by atoms with Gasteiger partial charge in [-0.2, -0.15) is 0 Å². The lowest BCUT2D eigenvalue weighted by atomic mass is 10.0. The summed E-state index contributed by atoms with van der Waals surface area (Å²) in [5.41, 5.74) is 9.08. The standard InChI is InChI=1S/C14H14BrNO/c1-17-13-4-2-3-10(8-13)7-11-9-12(15)5-6-14(11)16/h2-6,8-9H,7,16H2,1H3. The van der Waals surface area contributed by atoms with Crippen molar-refractivity contribution >= 4 is 21.6 Å². The number of rotatable bonds is 3. The van der Waals surface area contributed by atoms with Crippen LogP contribution in [0.15, 0.2) is 46.9 Å². The number of hydrogen-bond donors (Lipinski definition) is 1. The first-order chi connectivity index (χ1) is 8.19. The van der Waals surface area contributed by atoms with E-state index in [1.807, 2.05) is 30.3 Å². The molecule has 0 fully saturated rings. The molecule has 0 bridgehead atoms. The van der Waals surface area contributed by atoms with Gasteiger partial charge in [0.1, 0.15) is 5.75 Å². The number of ether oxygens (including phenoxy) is 1. The van der Waals surface area contributed by atoms with Gasteiger partial charge in [0.05, 0.1) is 7.11 Å². The lowest BCUT2D eigenvalue weighted by molar-refractivity contribution is 0.414. The van der Waals surface area contributed by atoms with E-state index in [1.54, 1.807) is 7.11 Å². The maximum atomic E-state index is 5.96. The van der Waals surface area contributed by atoms with E-state index in [4.69, 9.17) is 10.5 Å². The Morgan fingerprint density at radius 1 is 1.18 bits per heavy atom. The van der Waals surface area contributed by atoms with Crippen LogP contribution in [0.3, 0.4) is 0 Å². The third-order valence-electron chi connectivity index (χ3n) is 2.63. The van der Waals surface area contributed by atoms with Crippen LogP contribution in [0.5, 0.6) is 5.75 Å². The molecule has 2 rings (SSSR count). The summed E-state index contributed by atoms with van der Waals surface area (Å²) in [6.07, 6.45) is 0.808. The molecule has 2 aromatic rings. The Kier molecular flexibility index (Phi) is 3.69. The summed E-state index contributed by atoms with van der Waals surface area (Å²) in [4.78, 5) is 0. The van der Waals surface area contributed by atoms with Crippen LogP contribution in [0.2, 0.25) is 0 Å². The predicted molar refractivity (Wildman–Crippen MR) is 74.4 cm³/mol. The molecule has 0 aromatic heterocycles. The second-order valence-electron chi connectivity index (χ2n) is 3.87. The van der Waals surface area contributed by atoms with Crippen molar-refractivity contribution in [2.75, 3.05) is 12.8 Å². The fourth-order valence-corrected chi connectivity index (χ4v) is 2.14. The summed E-state index contributed by atoms with van der Waals surface area (Å²) in [6.45, 7) is 0. The normalized spacial score (nSPS) is 10.2. The Hall–Kier alpha value is -1.48. The Balaban J connectivity index is 2.27. The molecule has 0 radical (unpaired) electrons. The zero-order valence-electron chi connectivity index (χ0n) is 9.61. The molecule has 88 valence electrons. The van der Waals surface area contributed by atoms with E-state index in [2.05, 4.69) is 28.1 Å². The molecule has 0 aliphatic rings. The molecule has 0 atom stereocenters. The molecule has 17 heavy (non-hydrogen) atoms. The third-order valence-corrected chi connectivity index (χ3v) is 3.13. The van der Waals surface area contributed by atoms with Gasteiger partial charge in [-0.25, -0.2) is 0 Å². The van der Waals surface area contributed by atoms with Crippen molar-refractivity contribution in [2.45, 2.75) is 6.42 Å². The predicted octanol–water partition coefficient (Wildman–Crippen LogP) is 3.63. The second-order valence-corrected chi connectivity index (χ2v) is 4.79. The number of nitrogen functional groups attached to an aromatic ring is 1. The maximum Gasteiger partial charge on any atom is 0.119 e. The van der Waals surface area contributed by atoms with Crippen molar-refractivity contribution in [1.29, 1.82) is 0 Å². The van der Waals surface area contributed by atoms with Gasteiger partial charge >= 0.3 is 0 Å². The number of benzene rings is 2. The highest BCUT2D eigenvalue weighted by Gasteiger charge is 2.03. The van der Waals surface area contributed by atoms with Crippen molar-refractivity contribution < 1.29 is 4.74 Å². The van der Waals surface area contributed by atoms with Crippen LogP contribution < -0.4 is 10.5 Å². The van der Waals surface area contributed by atoms with Gasteiger partial charge in [0.2, 0.25) is 0 Å². The third kappa shape index (κ3) is 3.01. The monoisotopic (exact) mass is 291 g/mol. The minimum absolute atomic E-state index is 0.808. The second kappa shape index (κ2) is 5.23. The van der Waals surface area contributed by atoms with E-state index in [-0.39, 0.29) is 0 Å². The molecule has 0 heterocycles. The van der Waals surface area contributed by atoms with Crippen LogP contribution in [-0.2, 0) is 6.42 Å². The van der Waals surface area contributed by atoms with Crippen LogP contribution in [0, 0.1) is 0 Å². The van der Waals surface area contributed by atoms with Crippen LogP contribution >= 0.6 is 15.9 Å². The van der Waals surface area contributed by atoms with Crippen molar-refractivity contribution in [3.05, 3.63) is 58.1 Å². The van der Waals surface area contributed by atoms with Gasteiger partial charge in [-0.05, 0) is 47.9 Å². The fraction of sp³-hybridized carbons (Fsp3) is 0.143. The highest BCUT2D eigenvalue weighted by molar-refractivity contribution is 9.10. The van der Waals surface area contributed by atoms with Gasteiger partial charge < -0.3 is 10.5 Å². The zero-order valence-corrected chi connectivity index (χ0v) is 11.2. The molecule has 2 aromatic carbocycles. The maximum absolute atomic E-state index is 5.96. The molecule has 0 unspecified atom stereocenters. The Labute approximate surface area is 110 Å². The molecule has 0 aliphatic heterocycles. The summed E-state index contributed by atoms with van der Waals surface area (Å²) < 4.78 is 6.25. The molecule has 0 saturated heterocycles. The topological polar surface area (TPSA) is 35.2 Å². The van der Waals surface area contributed by atoms with Crippen molar-refractivity contribution in [3.8, 4) is 5.75 Å². The van der Waals surface area contributed by atoms with Crippen LogP contribution in [0.4, 0.5) is 5.69 Å². The summed E-state index contributed by atoms with van der Waals surface area (Å²) in [7, 11) is 1.67. The van der Waals surface area contributed by atoms with E-state index >= 15 is 0 Å². The first-order valence-electron chi connectivity index (χ1n) is 5.36. The van der Waals surface area contributed by atoms with Gasteiger partial charge in [0, 0.05) is 10.2 Å². The van der Waals surface area contributed by atoms with Crippen molar-refractivity contribution in [3.63, 3.8) is 0 Å². The first-order valence-corrected chi connectivity index (χ1v) is 6.15. The van der Waals surface area contributed by atoms with Crippen molar-refractivity contribution in [1.82, 2.24) is 0 Å². The Bertz CT molecular complexity index is 525. The summed E-state index contributed by atoms with van der Waals surface area (Å²) in [5, 5.41) is 0. The SMILES string of the molecule is COc1cccc(Cc2cc(Br)ccc2N)c1. The van der Waals surface area contributed by atoms with Crippen LogP contribution in [0.1, 0.15) is 11.1 Å². The summed E-state index contributed by atoms with van der Waals surface area (Å²) >= 11 is 3.46. The van der Waals surface area contributed by atoms with Gasteiger partial charge in [-0.3, -0.25) is 0 Å². The minimum Gasteiger partial charge on any atom is -0.497 e. The molecule has 3 heteroatoms. The Morgan fingerprint density at radius 2 is 2.00 bits per heavy atom. The first kappa shape index (κ1) is 12.0. The molecule has 0 aliphatic carbocycles. The van der Waals surface area contributed by atoms with Gasteiger partial charge in [0.15, 0.2) is 0 Å². The molecule has 0 saturated carbocycles. The lowest BCUT2D eigenvalue weighted by Gasteiger charge is -2.08. The highest BCUT2D eigenvalue weighted by atomic mass is 79.9. The largest absolute Gasteiger partial charge is 0.497 e. The van der Waals surface area contributed by atoms with Gasteiger partial charge in [-0.1, -0.05) is 28.1 Å². The van der Waals surface area contributed by atoms with Gasteiger partial charge in [0.25, 0.3) is 0 Å².